The summed E-state index contributed by atoms with van der Waals surface area (Å²) >= 11 is 1.36. The third-order valence-corrected chi connectivity index (χ3v) is 6.68. The summed E-state index contributed by atoms with van der Waals surface area (Å²) in [6.07, 6.45) is 3.31. The van der Waals surface area contributed by atoms with Crippen LogP contribution in [0.5, 0.6) is 0 Å². The summed E-state index contributed by atoms with van der Waals surface area (Å²) in [7, 11) is -3.22. The number of carbonyl (C=O) groups excluding carboxylic acids is 1. The Morgan fingerprint density at radius 2 is 1.90 bits per heavy atom. The largest absolute Gasteiger partial charge is 0.345 e. The van der Waals surface area contributed by atoms with Gasteiger partial charge in [0.2, 0.25) is 10.0 Å². The van der Waals surface area contributed by atoms with E-state index in [0.29, 0.717) is 17.8 Å². The average molecular weight is 455 g/mol. The van der Waals surface area contributed by atoms with E-state index < -0.39 is 10.0 Å². The van der Waals surface area contributed by atoms with Crippen LogP contribution in [0.1, 0.15) is 31.7 Å². The van der Waals surface area contributed by atoms with Gasteiger partial charge in [0.15, 0.2) is 0 Å². The highest BCUT2D eigenvalue weighted by molar-refractivity contribution is 7.88. The molecule has 2 aromatic carbocycles. The van der Waals surface area contributed by atoms with E-state index in [1.54, 1.807) is 12.4 Å². The van der Waals surface area contributed by atoms with Gasteiger partial charge >= 0.3 is 0 Å². The monoisotopic (exact) mass is 454 g/mol. The van der Waals surface area contributed by atoms with E-state index in [-0.39, 0.29) is 11.9 Å². The fraction of sp³-hybridized carbons (Fsp3) is 0.182. The zero-order valence-corrected chi connectivity index (χ0v) is 18.5. The molecule has 0 spiro atoms. The Balaban J connectivity index is 1.54. The Morgan fingerprint density at radius 3 is 2.68 bits per heavy atom. The summed E-state index contributed by atoms with van der Waals surface area (Å²) in [6.45, 7) is 0.303. The highest BCUT2D eigenvalue weighted by Crippen LogP contribution is 2.26. The molecule has 31 heavy (non-hydrogen) atoms. The first-order chi connectivity index (χ1) is 14.9. The maximum Gasteiger partial charge on any atom is 0.262 e. The molecule has 7 nitrogen and oxygen atoms in total. The molecule has 0 aliphatic carbocycles. The molecule has 4 aromatic rings. The lowest BCUT2D eigenvalue weighted by Crippen LogP contribution is -2.28. The lowest BCUT2D eigenvalue weighted by molar-refractivity contribution is 0.0947. The Morgan fingerprint density at radius 1 is 1.10 bits per heavy atom. The smallest absolute Gasteiger partial charge is 0.262 e. The third kappa shape index (κ3) is 5.38. The minimum Gasteiger partial charge on any atom is -0.345 e. The number of aromatic amines is 1. The quantitative estimate of drug-likeness (QED) is 0.380. The number of fused-ring (bicyclic) bond motifs is 1. The van der Waals surface area contributed by atoms with Crippen molar-refractivity contribution in [3.8, 4) is 0 Å². The molecule has 1 atom stereocenters. The van der Waals surface area contributed by atoms with Crippen molar-refractivity contribution in [1.29, 1.82) is 0 Å². The molecule has 0 saturated heterocycles. The molecule has 0 bridgehead atoms. The maximum absolute atomic E-state index is 13.0. The average Bonchev–Trinajstić information content (AvgIpc) is 3.40. The molecule has 0 aliphatic heterocycles. The third-order valence-electron chi connectivity index (χ3n) is 4.81. The number of imidazole rings is 1. The van der Waals surface area contributed by atoms with E-state index in [0.717, 1.165) is 33.3 Å². The number of hydrogen-bond donors (Lipinski definition) is 3. The number of hydrogen-bond acceptors (Lipinski definition) is 5. The van der Waals surface area contributed by atoms with Gasteiger partial charge in [0.1, 0.15) is 0 Å². The van der Waals surface area contributed by atoms with E-state index in [1.165, 1.54) is 11.3 Å². The lowest BCUT2D eigenvalue weighted by atomic mass is 9.98. The summed E-state index contributed by atoms with van der Waals surface area (Å²) in [5.74, 6) is -0.175. The van der Waals surface area contributed by atoms with E-state index in [4.69, 9.17) is 0 Å². The van der Waals surface area contributed by atoms with Crippen molar-refractivity contribution in [1.82, 2.24) is 20.0 Å². The molecular weight excluding hydrogens is 432 g/mol. The topological polar surface area (TPSA) is 104 Å². The van der Waals surface area contributed by atoms with Gasteiger partial charge in [0.25, 0.3) is 5.91 Å². The number of nitrogens with zero attached hydrogens (tertiary/aromatic N) is 1. The Hall–Kier alpha value is -3.01. The van der Waals surface area contributed by atoms with Crippen LogP contribution in [-0.4, -0.2) is 37.1 Å². The molecule has 1 unspecified atom stereocenters. The van der Waals surface area contributed by atoms with Gasteiger partial charge in [-0.3, -0.25) is 4.79 Å². The molecule has 0 saturated carbocycles. The van der Waals surface area contributed by atoms with Crippen molar-refractivity contribution >= 4 is 38.3 Å². The van der Waals surface area contributed by atoms with Gasteiger partial charge in [0.05, 0.1) is 34.5 Å². The van der Waals surface area contributed by atoms with Crippen LogP contribution in [0, 0.1) is 0 Å². The van der Waals surface area contributed by atoms with Gasteiger partial charge in [-0.05, 0) is 41.8 Å². The minimum atomic E-state index is -3.22. The van der Waals surface area contributed by atoms with E-state index in [1.807, 2.05) is 54.6 Å². The zero-order chi connectivity index (χ0) is 21.8. The van der Waals surface area contributed by atoms with Crippen molar-refractivity contribution < 1.29 is 13.2 Å². The molecule has 1 amide bonds. The highest BCUT2D eigenvalue weighted by atomic mass is 32.2. The molecule has 3 N–H and O–H groups in total. The summed E-state index contributed by atoms with van der Waals surface area (Å²) in [5, 5.41) is 3.14. The van der Waals surface area contributed by atoms with E-state index in [9.17, 15) is 13.2 Å². The van der Waals surface area contributed by atoms with Gasteiger partial charge in [-0.25, -0.2) is 18.1 Å². The standard InChI is InChI=1S/C22H22N4O3S2/c1-31(28,29)25-12-11-17-8-10-20(30-17)22(27)26-21(15-5-3-2-4-6-15)16-7-9-18-19(13-16)24-14-23-18/h2-10,13-14,21,25H,11-12H2,1H3,(H,23,24)(H,26,27). The maximum atomic E-state index is 13.0. The predicted octanol–water partition coefficient (Wildman–Crippen LogP) is 3.24. The van der Waals surface area contributed by atoms with Crippen LogP contribution in [0.15, 0.2) is 67.0 Å². The summed E-state index contributed by atoms with van der Waals surface area (Å²) in [5.41, 5.74) is 3.70. The molecule has 0 radical (unpaired) electrons. The lowest BCUT2D eigenvalue weighted by Gasteiger charge is -2.19. The summed E-state index contributed by atoms with van der Waals surface area (Å²) in [6, 6.07) is 19.0. The predicted molar refractivity (Wildman–Crippen MR) is 123 cm³/mol. The second-order valence-corrected chi connectivity index (χ2v) is 10.2. The number of thiophene rings is 1. The molecule has 2 heterocycles. The van der Waals surface area contributed by atoms with Crippen LogP contribution in [0.3, 0.4) is 0 Å². The van der Waals surface area contributed by atoms with Crippen molar-refractivity contribution in [3.05, 3.63) is 87.9 Å². The van der Waals surface area contributed by atoms with Gasteiger partial charge < -0.3 is 10.3 Å². The van der Waals surface area contributed by atoms with E-state index >= 15 is 0 Å². The van der Waals surface area contributed by atoms with E-state index in [2.05, 4.69) is 20.0 Å². The number of benzene rings is 2. The highest BCUT2D eigenvalue weighted by Gasteiger charge is 2.19. The fourth-order valence-corrected chi connectivity index (χ4v) is 4.72. The Labute approximate surface area is 184 Å². The van der Waals surface area contributed by atoms with Gasteiger partial charge in [-0.2, -0.15) is 0 Å². The van der Waals surface area contributed by atoms with Crippen LogP contribution in [0.25, 0.3) is 11.0 Å². The normalized spacial score (nSPS) is 12.7. The van der Waals surface area contributed by atoms with Crippen LogP contribution in [-0.2, 0) is 16.4 Å². The number of nitrogens with one attached hydrogen (secondary N) is 3. The minimum absolute atomic E-state index is 0.175. The zero-order valence-electron chi connectivity index (χ0n) is 16.8. The Kier molecular flexibility index (Phi) is 6.17. The summed E-state index contributed by atoms with van der Waals surface area (Å²) < 4.78 is 24.9. The van der Waals surface area contributed by atoms with Gasteiger partial charge in [-0.15, -0.1) is 11.3 Å². The van der Waals surface area contributed by atoms with Crippen molar-refractivity contribution in [2.75, 3.05) is 12.8 Å². The van der Waals surface area contributed by atoms with Crippen LogP contribution in [0.4, 0.5) is 0 Å². The number of sulfonamides is 1. The molecule has 4 rings (SSSR count). The number of carbonyl (C=O) groups is 1. The SMILES string of the molecule is CS(=O)(=O)NCCc1ccc(C(=O)NC(c2ccccc2)c2ccc3nc[nH]c3c2)s1. The van der Waals surface area contributed by atoms with Crippen LogP contribution < -0.4 is 10.0 Å². The summed E-state index contributed by atoms with van der Waals surface area (Å²) in [4.78, 5) is 21.9. The first-order valence-corrected chi connectivity index (χ1v) is 12.4. The molecule has 160 valence electrons. The van der Waals surface area contributed by atoms with Crippen molar-refractivity contribution in [3.63, 3.8) is 0 Å². The number of H-pyrrole nitrogens is 1. The molecular formula is C22H22N4O3S2. The van der Waals surface area contributed by atoms with Crippen LogP contribution in [0.2, 0.25) is 0 Å². The first kappa shape index (κ1) is 21.2. The number of amides is 1. The number of aromatic nitrogens is 2. The molecule has 0 aliphatic rings. The van der Waals surface area contributed by atoms with Gasteiger partial charge in [0, 0.05) is 11.4 Å². The molecule has 0 fully saturated rings. The van der Waals surface area contributed by atoms with Crippen LogP contribution >= 0.6 is 11.3 Å². The second kappa shape index (κ2) is 9.01. The second-order valence-electron chi connectivity index (χ2n) is 7.18. The molecule has 9 heteroatoms. The Bertz CT molecular complexity index is 1300. The first-order valence-electron chi connectivity index (χ1n) is 9.71. The van der Waals surface area contributed by atoms with Crippen molar-refractivity contribution in [2.45, 2.75) is 12.5 Å². The fourth-order valence-electron chi connectivity index (χ4n) is 3.33. The van der Waals surface area contributed by atoms with Crippen molar-refractivity contribution in [2.24, 2.45) is 0 Å². The molecule has 2 aromatic heterocycles. The van der Waals surface area contributed by atoms with Gasteiger partial charge in [-0.1, -0.05) is 36.4 Å². The number of rotatable bonds is 8.